The van der Waals surface area contributed by atoms with E-state index in [4.69, 9.17) is 0 Å². The summed E-state index contributed by atoms with van der Waals surface area (Å²) in [6, 6.07) is 9.70. The van der Waals surface area contributed by atoms with Crippen LogP contribution in [0.1, 0.15) is 44.1 Å². The van der Waals surface area contributed by atoms with Gasteiger partial charge in [0.15, 0.2) is 0 Å². The van der Waals surface area contributed by atoms with Crippen molar-refractivity contribution in [3.05, 3.63) is 35.9 Å². The van der Waals surface area contributed by atoms with E-state index in [2.05, 4.69) is 0 Å². The minimum Gasteiger partial charge on any atom is -0.299 e. The van der Waals surface area contributed by atoms with E-state index in [9.17, 15) is 13.2 Å². The summed E-state index contributed by atoms with van der Waals surface area (Å²) in [4.78, 5) is 12.6. The average molecular weight is 365 g/mol. The third kappa shape index (κ3) is 4.68. The number of ketones is 1. The molecule has 1 aromatic carbocycles. The Labute approximate surface area is 151 Å². The van der Waals surface area contributed by atoms with Crippen LogP contribution < -0.4 is 0 Å². The van der Waals surface area contributed by atoms with Crippen molar-refractivity contribution in [3.8, 4) is 0 Å². The van der Waals surface area contributed by atoms with Crippen LogP contribution >= 0.6 is 0 Å². The third-order valence-electron chi connectivity index (χ3n) is 5.28. The monoisotopic (exact) mass is 364 g/mol. The Bertz CT molecular complexity index is 667. The highest BCUT2D eigenvalue weighted by Gasteiger charge is 2.35. The largest absolute Gasteiger partial charge is 0.299 e. The van der Waals surface area contributed by atoms with Crippen LogP contribution in [-0.4, -0.2) is 49.0 Å². The number of carbonyl (C=O) groups is 1. The van der Waals surface area contributed by atoms with Gasteiger partial charge in [-0.2, -0.15) is 17.0 Å². The maximum atomic E-state index is 13.0. The van der Waals surface area contributed by atoms with Gasteiger partial charge >= 0.3 is 0 Å². The van der Waals surface area contributed by atoms with E-state index < -0.39 is 10.2 Å². The Morgan fingerprint density at radius 1 is 0.920 bits per heavy atom. The van der Waals surface area contributed by atoms with Gasteiger partial charge in [0.25, 0.3) is 10.2 Å². The molecule has 0 radical (unpaired) electrons. The maximum Gasteiger partial charge on any atom is 0.281 e. The Morgan fingerprint density at radius 2 is 1.56 bits per heavy atom. The molecule has 2 saturated heterocycles. The summed E-state index contributed by atoms with van der Waals surface area (Å²) in [6.45, 7) is 2.10. The van der Waals surface area contributed by atoms with E-state index in [0.717, 1.165) is 44.1 Å². The Hall–Kier alpha value is -1.24. The molecular formula is C19H28N2O3S. The zero-order valence-electron chi connectivity index (χ0n) is 14.8. The minimum absolute atomic E-state index is 0.155. The quantitative estimate of drug-likeness (QED) is 0.807. The van der Waals surface area contributed by atoms with Gasteiger partial charge in [0.1, 0.15) is 5.78 Å². The molecule has 0 unspecified atom stereocenters. The lowest BCUT2D eigenvalue weighted by atomic mass is 9.91. The van der Waals surface area contributed by atoms with Crippen LogP contribution in [0.25, 0.3) is 0 Å². The molecule has 0 amide bonds. The highest BCUT2D eigenvalue weighted by molar-refractivity contribution is 7.86. The molecule has 138 valence electrons. The molecule has 25 heavy (non-hydrogen) atoms. The Balaban J connectivity index is 1.64. The van der Waals surface area contributed by atoms with Crippen molar-refractivity contribution in [1.82, 2.24) is 8.61 Å². The van der Waals surface area contributed by atoms with Gasteiger partial charge in [-0.25, -0.2) is 0 Å². The number of rotatable bonds is 5. The van der Waals surface area contributed by atoms with Crippen molar-refractivity contribution in [1.29, 1.82) is 0 Å². The first-order valence-electron chi connectivity index (χ1n) is 9.39. The fraction of sp³-hybridized carbons (Fsp3) is 0.632. The second kappa shape index (κ2) is 8.43. The maximum absolute atomic E-state index is 13.0. The van der Waals surface area contributed by atoms with Gasteiger partial charge in [0.05, 0.1) is 0 Å². The van der Waals surface area contributed by atoms with Crippen molar-refractivity contribution in [2.75, 3.05) is 26.2 Å². The number of carbonyl (C=O) groups excluding carboxylic acids is 1. The second-order valence-electron chi connectivity index (χ2n) is 7.15. The minimum atomic E-state index is -3.43. The normalized spacial score (nSPS) is 23.9. The van der Waals surface area contributed by atoms with Crippen LogP contribution in [0.15, 0.2) is 30.3 Å². The van der Waals surface area contributed by atoms with Crippen molar-refractivity contribution >= 4 is 16.0 Å². The molecule has 0 aromatic heterocycles. The van der Waals surface area contributed by atoms with Crippen molar-refractivity contribution < 1.29 is 13.2 Å². The van der Waals surface area contributed by atoms with E-state index in [1.54, 1.807) is 8.61 Å². The fourth-order valence-corrected chi connectivity index (χ4v) is 5.57. The molecule has 0 bridgehead atoms. The summed E-state index contributed by atoms with van der Waals surface area (Å²) >= 11 is 0. The van der Waals surface area contributed by atoms with Gasteiger partial charge in [-0.1, -0.05) is 43.2 Å². The zero-order valence-corrected chi connectivity index (χ0v) is 15.6. The molecule has 0 aliphatic carbocycles. The van der Waals surface area contributed by atoms with Crippen LogP contribution in [0.4, 0.5) is 0 Å². The Kier molecular flexibility index (Phi) is 6.25. The first kappa shape index (κ1) is 18.5. The van der Waals surface area contributed by atoms with Crippen LogP contribution in [0, 0.1) is 5.92 Å². The summed E-state index contributed by atoms with van der Waals surface area (Å²) in [5.41, 5.74) is 1.000. The number of Topliss-reactive ketones (excluding diaryl/α,β-unsaturated/α-hetero) is 1. The predicted octanol–water partition coefficient (Wildman–Crippen LogP) is 2.63. The smallest absolute Gasteiger partial charge is 0.281 e. The average Bonchev–Trinajstić information content (AvgIpc) is 2.93. The molecule has 2 fully saturated rings. The molecule has 0 saturated carbocycles. The summed E-state index contributed by atoms with van der Waals surface area (Å²) < 4.78 is 29.1. The van der Waals surface area contributed by atoms with Crippen molar-refractivity contribution in [2.45, 2.75) is 44.9 Å². The highest BCUT2D eigenvalue weighted by atomic mass is 32.2. The number of hydrogen-bond acceptors (Lipinski definition) is 3. The van der Waals surface area contributed by atoms with Gasteiger partial charge < -0.3 is 0 Å². The van der Waals surface area contributed by atoms with Gasteiger partial charge in [-0.05, 0) is 31.2 Å². The summed E-state index contributed by atoms with van der Waals surface area (Å²) in [5.74, 6) is -0.0299. The number of piperidine rings is 1. The lowest BCUT2D eigenvalue weighted by Gasteiger charge is -2.34. The van der Waals surface area contributed by atoms with Crippen LogP contribution in [-0.2, 0) is 21.4 Å². The Morgan fingerprint density at radius 3 is 2.24 bits per heavy atom. The topological polar surface area (TPSA) is 57.7 Å². The van der Waals surface area contributed by atoms with Crippen LogP contribution in [0.3, 0.4) is 0 Å². The fourth-order valence-electron chi connectivity index (χ4n) is 3.79. The molecule has 1 aromatic rings. The van der Waals surface area contributed by atoms with Gasteiger partial charge in [0.2, 0.25) is 0 Å². The van der Waals surface area contributed by atoms with Crippen LogP contribution in [0.2, 0.25) is 0 Å². The number of nitrogens with zero attached hydrogens (tertiary/aromatic N) is 2. The first-order chi connectivity index (χ1) is 12.1. The molecule has 5 nitrogen and oxygen atoms in total. The zero-order chi connectivity index (χ0) is 17.7. The standard InChI is InChI=1S/C19H28N2O3S/c22-19(15-17-9-4-3-5-10-17)18-11-8-14-21(16-18)25(23,24)20-12-6-1-2-7-13-20/h3-5,9-10,18H,1-2,6-8,11-16H2/t18-/m1/s1. The molecular weight excluding hydrogens is 336 g/mol. The van der Waals surface area contributed by atoms with E-state index in [1.165, 1.54) is 0 Å². The van der Waals surface area contributed by atoms with E-state index in [-0.39, 0.29) is 11.7 Å². The molecule has 2 aliphatic heterocycles. The van der Waals surface area contributed by atoms with Gasteiger partial charge in [-0.15, -0.1) is 0 Å². The predicted molar refractivity (Wildman–Crippen MR) is 98.4 cm³/mol. The third-order valence-corrected chi connectivity index (χ3v) is 7.28. The molecule has 3 rings (SSSR count). The van der Waals surface area contributed by atoms with Crippen molar-refractivity contribution in [2.24, 2.45) is 5.92 Å². The molecule has 0 spiro atoms. The molecule has 6 heteroatoms. The lowest BCUT2D eigenvalue weighted by Crippen LogP contribution is -2.49. The molecule has 0 N–H and O–H groups in total. The summed E-state index contributed by atoms with van der Waals surface area (Å²) in [7, 11) is -3.43. The highest BCUT2D eigenvalue weighted by Crippen LogP contribution is 2.24. The summed E-state index contributed by atoms with van der Waals surface area (Å²) in [5, 5.41) is 0. The van der Waals surface area contributed by atoms with E-state index >= 15 is 0 Å². The lowest BCUT2D eigenvalue weighted by molar-refractivity contribution is -0.123. The SMILES string of the molecule is O=C(Cc1ccccc1)[C@@H]1CCCN(S(=O)(=O)N2CCCCCC2)C1. The van der Waals surface area contributed by atoms with Gasteiger partial charge in [0, 0.05) is 38.5 Å². The van der Waals surface area contributed by atoms with Crippen LogP contribution in [0.5, 0.6) is 0 Å². The first-order valence-corrected chi connectivity index (χ1v) is 10.8. The molecule has 2 aliphatic rings. The van der Waals surface area contributed by atoms with Crippen molar-refractivity contribution in [3.63, 3.8) is 0 Å². The molecule has 1 atom stereocenters. The molecule has 2 heterocycles. The number of hydrogen-bond donors (Lipinski definition) is 0. The van der Waals surface area contributed by atoms with E-state index in [0.29, 0.717) is 32.6 Å². The second-order valence-corrected chi connectivity index (χ2v) is 9.08. The summed E-state index contributed by atoms with van der Waals surface area (Å²) in [6.07, 6.45) is 6.01. The van der Waals surface area contributed by atoms with Gasteiger partial charge in [-0.3, -0.25) is 4.79 Å². The van der Waals surface area contributed by atoms with E-state index in [1.807, 2.05) is 30.3 Å². The number of benzene rings is 1.